The van der Waals surface area contributed by atoms with Crippen LogP contribution in [0.5, 0.6) is 5.75 Å². The second-order valence-corrected chi connectivity index (χ2v) is 10.2. The third kappa shape index (κ3) is 7.97. The highest BCUT2D eigenvalue weighted by Crippen LogP contribution is 2.19. The van der Waals surface area contributed by atoms with Crippen molar-refractivity contribution in [2.24, 2.45) is 0 Å². The molecule has 1 saturated heterocycles. The van der Waals surface area contributed by atoms with E-state index in [0.717, 1.165) is 34.7 Å². The van der Waals surface area contributed by atoms with Crippen molar-refractivity contribution in [2.45, 2.75) is 19.8 Å². The number of nitrogens with one attached hydrogen (secondary N) is 1. The maximum atomic E-state index is 12.6. The number of carbonyl (C=O) groups excluding carboxylic acids is 2. The summed E-state index contributed by atoms with van der Waals surface area (Å²) in [7, 11) is -3.70. The molecule has 3 rings (SSSR count). The molecule has 35 heavy (non-hydrogen) atoms. The lowest BCUT2D eigenvalue weighted by Gasteiger charge is -2.27. The van der Waals surface area contributed by atoms with Gasteiger partial charge >= 0.3 is 0 Å². The summed E-state index contributed by atoms with van der Waals surface area (Å²) in [4.78, 5) is 26.8. The van der Waals surface area contributed by atoms with E-state index in [4.69, 9.17) is 9.47 Å². The molecule has 1 aliphatic rings. The van der Waals surface area contributed by atoms with Gasteiger partial charge in [0.1, 0.15) is 12.3 Å². The summed E-state index contributed by atoms with van der Waals surface area (Å²) in [5, 5.41) is 2.79. The SMILES string of the molecule is CCOc1ccc(CCCNC(=O)CN(c2ccc(C(=O)N3CCOCC3)cc2)S(C)(=O)=O)cc1. The number of anilines is 1. The molecule has 2 amide bonds. The highest BCUT2D eigenvalue weighted by Gasteiger charge is 2.22. The predicted molar refractivity (Wildman–Crippen MR) is 134 cm³/mol. The van der Waals surface area contributed by atoms with Crippen LogP contribution in [-0.4, -0.2) is 77.4 Å². The van der Waals surface area contributed by atoms with E-state index in [1.54, 1.807) is 29.2 Å². The van der Waals surface area contributed by atoms with E-state index in [2.05, 4.69) is 5.32 Å². The Labute approximate surface area is 207 Å². The fourth-order valence-corrected chi connectivity index (χ4v) is 4.60. The van der Waals surface area contributed by atoms with Crippen LogP contribution in [0.4, 0.5) is 5.69 Å². The first-order chi connectivity index (χ1) is 16.8. The molecular formula is C25H33N3O6S. The minimum Gasteiger partial charge on any atom is -0.494 e. The van der Waals surface area contributed by atoms with E-state index in [0.29, 0.717) is 50.7 Å². The fourth-order valence-electron chi connectivity index (χ4n) is 3.74. The van der Waals surface area contributed by atoms with Gasteiger partial charge in [-0.1, -0.05) is 12.1 Å². The molecule has 1 fully saturated rings. The van der Waals surface area contributed by atoms with Crippen molar-refractivity contribution >= 4 is 27.5 Å². The Kier molecular flexibility index (Phi) is 9.50. The molecule has 9 nitrogen and oxygen atoms in total. The van der Waals surface area contributed by atoms with Gasteiger partial charge in [0.05, 0.1) is 31.8 Å². The van der Waals surface area contributed by atoms with Crippen LogP contribution >= 0.6 is 0 Å². The molecular weight excluding hydrogens is 470 g/mol. The van der Waals surface area contributed by atoms with E-state index in [9.17, 15) is 18.0 Å². The van der Waals surface area contributed by atoms with Gasteiger partial charge < -0.3 is 19.7 Å². The first kappa shape index (κ1) is 26.5. The van der Waals surface area contributed by atoms with Crippen molar-refractivity contribution in [1.82, 2.24) is 10.2 Å². The predicted octanol–water partition coefficient (Wildman–Crippen LogP) is 2.07. The van der Waals surface area contributed by atoms with Crippen LogP contribution in [0, 0.1) is 0 Å². The zero-order valence-electron chi connectivity index (χ0n) is 20.2. The molecule has 0 aliphatic carbocycles. The number of rotatable bonds is 11. The van der Waals surface area contributed by atoms with Crippen LogP contribution in [0.15, 0.2) is 48.5 Å². The van der Waals surface area contributed by atoms with E-state index in [-0.39, 0.29) is 12.5 Å². The van der Waals surface area contributed by atoms with Crippen LogP contribution in [0.2, 0.25) is 0 Å². The second-order valence-electron chi connectivity index (χ2n) is 8.25. The number of benzene rings is 2. The summed E-state index contributed by atoms with van der Waals surface area (Å²) in [6.45, 7) is 4.69. The summed E-state index contributed by atoms with van der Waals surface area (Å²) in [6, 6.07) is 14.1. The van der Waals surface area contributed by atoms with Gasteiger partial charge in [-0.15, -0.1) is 0 Å². The van der Waals surface area contributed by atoms with E-state index >= 15 is 0 Å². The minimum atomic E-state index is -3.70. The van der Waals surface area contributed by atoms with Crippen molar-refractivity contribution in [3.8, 4) is 5.75 Å². The molecule has 10 heteroatoms. The lowest BCUT2D eigenvalue weighted by Crippen LogP contribution is -2.41. The number of sulfonamides is 1. The highest BCUT2D eigenvalue weighted by atomic mass is 32.2. The van der Waals surface area contributed by atoms with Crippen LogP contribution < -0.4 is 14.4 Å². The molecule has 0 spiro atoms. The number of hydrogen-bond donors (Lipinski definition) is 1. The molecule has 1 N–H and O–H groups in total. The van der Waals surface area contributed by atoms with Gasteiger partial charge in [-0.25, -0.2) is 8.42 Å². The third-order valence-corrected chi connectivity index (χ3v) is 6.73. The average Bonchev–Trinajstić information content (AvgIpc) is 2.86. The minimum absolute atomic E-state index is 0.129. The standard InChI is InChI=1S/C25H33N3O6S/c1-3-34-23-12-6-20(7-13-23)5-4-14-26-24(29)19-28(35(2,31)32)22-10-8-21(9-11-22)25(30)27-15-17-33-18-16-27/h6-13H,3-5,14-19H2,1-2H3,(H,26,29). The van der Waals surface area contributed by atoms with Gasteiger partial charge in [0.25, 0.3) is 5.91 Å². The summed E-state index contributed by atoms with van der Waals surface area (Å²) < 4.78 is 36.5. The molecule has 0 unspecified atom stereocenters. The van der Waals surface area contributed by atoms with Gasteiger partial charge in [0.2, 0.25) is 15.9 Å². The van der Waals surface area contributed by atoms with Gasteiger partial charge in [-0.05, 0) is 61.7 Å². The molecule has 0 atom stereocenters. The van der Waals surface area contributed by atoms with Gasteiger partial charge in [0, 0.05) is 25.2 Å². The van der Waals surface area contributed by atoms with Gasteiger partial charge in [-0.2, -0.15) is 0 Å². The van der Waals surface area contributed by atoms with Crippen LogP contribution in [0.1, 0.15) is 29.3 Å². The first-order valence-electron chi connectivity index (χ1n) is 11.7. The maximum absolute atomic E-state index is 12.6. The molecule has 2 aromatic carbocycles. The van der Waals surface area contributed by atoms with E-state index in [1.165, 1.54) is 0 Å². The van der Waals surface area contributed by atoms with E-state index in [1.807, 2.05) is 31.2 Å². The largest absolute Gasteiger partial charge is 0.494 e. The lowest BCUT2D eigenvalue weighted by atomic mass is 10.1. The third-order valence-electron chi connectivity index (χ3n) is 5.59. The van der Waals surface area contributed by atoms with Crippen LogP contribution in [0.3, 0.4) is 0 Å². The zero-order chi connectivity index (χ0) is 25.3. The summed E-state index contributed by atoms with van der Waals surface area (Å²) in [5.41, 5.74) is 1.92. The second kappa shape index (κ2) is 12.6. The number of carbonyl (C=O) groups is 2. The molecule has 0 saturated carbocycles. The number of nitrogens with zero attached hydrogens (tertiary/aromatic N) is 2. The molecule has 0 radical (unpaired) electrons. The smallest absolute Gasteiger partial charge is 0.254 e. The summed E-state index contributed by atoms with van der Waals surface area (Å²) in [6.07, 6.45) is 2.55. The highest BCUT2D eigenvalue weighted by molar-refractivity contribution is 7.92. The number of aryl methyl sites for hydroxylation is 1. The Morgan fingerprint density at radius 3 is 2.31 bits per heavy atom. The van der Waals surface area contributed by atoms with Crippen LogP contribution in [0.25, 0.3) is 0 Å². The monoisotopic (exact) mass is 503 g/mol. The Hall–Kier alpha value is -3.11. The Morgan fingerprint density at radius 2 is 1.71 bits per heavy atom. The number of hydrogen-bond acceptors (Lipinski definition) is 6. The number of morpholine rings is 1. The fraction of sp³-hybridized carbons (Fsp3) is 0.440. The molecule has 1 heterocycles. The van der Waals surface area contributed by atoms with Gasteiger partial charge in [-0.3, -0.25) is 13.9 Å². The Balaban J connectivity index is 1.52. The molecule has 1 aliphatic heterocycles. The molecule has 0 bridgehead atoms. The average molecular weight is 504 g/mol. The number of ether oxygens (including phenoxy) is 2. The lowest BCUT2D eigenvalue weighted by molar-refractivity contribution is -0.119. The van der Waals surface area contributed by atoms with Crippen molar-refractivity contribution in [3.63, 3.8) is 0 Å². The Bertz CT molecular complexity index is 1080. The molecule has 0 aromatic heterocycles. The normalized spacial score (nSPS) is 13.8. The Morgan fingerprint density at radius 1 is 1.06 bits per heavy atom. The first-order valence-corrected chi connectivity index (χ1v) is 13.6. The quantitative estimate of drug-likeness (QED) is 0.471. The zero-order valence-corrected chi connectivity index (χ0v) is 21.1. The molecule has 190 valence electrons. The summed E-state index contributed by atoms with van der Waals surface area (Å²) >= 11 is 0. The molecule has 2 aromatic rings. The van der Waals surface area contributed by atoms with Crippen molar-refractivity contribution < 1.29 is 27.5 Å². The maximum Gasteiger partial charge on any atom is 0.254 e. The van der Waals surface area contributed by atoms with Crippen LogP contribution in [-0.2, 0) is 26.0 Å². The van der Waals surface area contributed by atoms with Crippen molar-refractivity contribution in [3.05, 3.63) is 59.7 Å². The number of amides is 2. The van der Waals surface area contributed by atoms with Crippen molar-refractivity contribution in [2.75, 3.05) is 56.6 Å². The van der Waals surface area contributed by atoms with Gasteiger partial charge in [0.15, 0.2) is 0 Å². The van der Waals surface area contributed by atoms with E-state index < -0.39 is 15.9 Å². The summed E-state index contributed by atoms with van der Waals surface area (Å²) in [5.74, 6) is 0.301. The van der Waals surface area contributed by atoms with Crippen molar-refractivity contribution in [1.29, 1.82) is 0 Å². The topological polar surface area (TPSA) is 105 Å².